The highest BCUT2D eigenvalue weighted by atomic mass is 16.7. The topological polar surface area (TPSA) is 68.8 Å². The van der Waals surface area contributed by atoms with Crippen molar-refractivity contribution in [2.45, 2.75) is 0 Å². The van der Waals surface area contributed by atoms with Gasteiger partial charge in [0.2, 0.25) is 12.7 Å². The lowest BCUT2D eigenvalue weighted by atomic mass is 10.3. The third-order valence-electron chi connectivity index (χ3n) is 2.45. The molecule has 1 aliphatic rings. The Morgan fingerprint density at radius 2 is 2.22 bits per heavy atom. The van der Waals surface area contributed by atoms with Crippen molar-refractivity contribution in [3.8, 4) is 11.5 Å². The summed E-state index contributed by atoms with van der Waals surface area (Å²) in [4.78, 5) is 11.4. The van der Waals surface area contributed by atoms with Gasteiger partial charge in [0.15, 0.2) is 11.5 Å². The minimum Gasteiger partial charge on any atom is -0.454 e. The zero-order chi connectivity index (χ0) is 12.8. The van der Waals surface area contributed by atoms with Gasteiger partial charge in [0, 0.05) is 25.4 Å². The highest BCUT2D eigenvalue weighted by Crippen LogP contribution is 2.33. The van der Waals surface area contributed by atoms with Crippen LogP contribution in [0.2, 0.25) is 0 Å². The highest BCUT2D eigenvalue weighted by Gasteiger charge is 2.13. The molecule has 0 bridgehead atoms. The predicted octanol–water partition coefficient (Wildman–Crippen LogP) is 0.590. The molecule has 1 amide bonds. The molecule has 0 unspecified atom stereocenters. The Hall–Kier alpha value is -1.95. The number of hydrogen-bond acceptors (Lipinski definition) is 5. The predicted molar refractivity (Wildman–Crippen MR) is 65.9 cm³/mol. The molecule has 6 nitrogen and oxygen atoms in total. The Labute approximate surface area is 105 Å². The number of nitrogens with one attached hydrogen (secondary N) is 2. The Kier molecular flexibility index (Phi) is 4.25. The van der Waals surface area contributed by atoms with E-state index in [2.05, 4.69) is 10.6 Å². The van der Waals surface area contributed by atoms with Crippen LogP contribution in [0, 0.1) is 0 Å². The van der Waals surface area contributed by atoms with E-state index < -0.39 is 0 Å². The van der Waals surface area contributed by atoms with Gasteiger partial charge in [0.05, 0.1) is 13.2 Å². The van der Waals surface area contributed by atoms with Gasteiger partial charge in [-0.3, -0.25) is 4.79 Å². The third-order valence-corrected chi connectivity index (χ3v) is 2.45. The summed E-state index contributed by atoms with van der Waals surface area (Å²) in [6.45, 7) is 1.48. The van der Waals surface area contributed by atoms with Crippen LogP contribution in [0.1, 0.15) is 0 Å². The fourth-order valence-corrected chi connectivity index (χ4v) is 1.54. The molecule has 0 radical (unpaired) electrons. The van der Waals surface area contributed by atoms with Gasteiger partial charge in [-0.25, -0.2) is 0 Å². The van der Waals surface area contributed by atoms with Crippen LogP contribution in [0.5, 0.6) is 11.5 Å². The molecule has 1 aromatic rings. The number of ether oxygens (including phenoxy) is 3. The van der Waals surface area contributed by atoms with E-state index in [4.69, 9.17) is 14.2 Å². The van der Waals surface area contributed by atoms with Gasteiger partial charge in [-0.2, -0.15) is 0 Å². The minimum atomic E-state index is -0.0790. The van der Waals surface area contributed by atoms with E-state index in [0.29, 0.717) is 18.9 Å². The molecule has 0 aromatic heterocycles. The summed E-state index contributed by atoms with van der Waals surface area (Å²) in [5, 5.41) is 5.74. The monoisotopic (exact) mass is 252 g/mol. The maximum absolute atomic E-state index is 11.4. The number of rotatable bonds is 6. The SMILES string of the molecule is COCCNC(=O)CNc1ccc2c(c1)OCO2. The Bertz CT molecular complexity index is 423. The summed E-state index contributed by atoms with van der Waals surface area (Å²) in [5.41, 5.74) is 0.821. The first kappa shape index (κ1) is 12.5. The second kappa shape index (κ2) is 6.11. The maximum Gasteiger partial charge on any atom is 0.239 e. The van der Waals surface area contributed by atoms with Crippen LogP contribution < -0.4 is 20.1 Å². The van der Waals surface area contributed by atoms with Crippen molar-refractivity contribution >= 4 is 11.6 Å². The van der Waals surface area contributed by atoms with Crippen LogP contribution in [0.4, 0.5) is 5.69 Å². The first-order valence-electron chi connectivity index (χ1n) is 5.69. The molecule has 1 heterocycles. The number of carbonyl (C=O) groups excluding carboxylic acids is 1. The van der Waals surface area contributed by atoms with Crippen molar-refractivity contribution in [2.24, 2.45) is 0 Å². The van der Waals surface area contributed by atoms with Crippen molar-refractivity contribution < 1.29 is 19.0 Å². The first-order chi connectivity index (χ1) is 8.79. The number of anilines is 1. The molecular weight excluding hydrogens is 236 g/mol. The highest BCUT2D eigenvalue weighted by molar-refractivity contribution is 5.80. The number of benzene rings is 1. The molecule has 0 saturated carbocycles. The molecule has 0 aliphatic carbocycles. The average molecular weight is 252 g/mol. The van der Waals surface area contributed by atoms with Crippen molar-refractivity contribution in [1.82, 2.24) is 5.32 Å². The summed E-state index contributed by atoms with van der Waals surface area (Å²) in [6, 6.07) is 5.47. The second-order valence-electron chi connectivity index (χ2n) is 3.76. The van der Waals surface area contributed by atoms with Crippen molar-refractivity contribution in [3.63, 3.8) is 0 Å². The minimum absolute atomic E-state index is 0.0790. The molecular formula is C12H16N2O4. The van der Waals surface area contributed by atoms with Crippen molar-refractivity contribution in [2.75, 3.05) is 38.9 Å². The van der Waals surface area contributed by atoms with Gasteiger partial charge in [0.1, 0.15) is 0 Å². The van der Waals surface area contributed by atoms with Crippen molar-refractivity contribution in [1.29, 1.82) is 0 Å². The molecule has 0 fully saturated rings. The van der Waals surface area contributed by atoms with E-state index in [-0.39, 0.29) is 19.2 Å². The van der Waals surface area contributed by atoms with E-state index in [1.165, 1.54) is 0 Å². The molecule has 18 heavy (non-hydrogen) atoms. The smallest absolute Gasteiger partial charge is 0.239 e. The molecule has 2 N–H and O–H groups in total. The number of hydrogen-bond donors (Lipinski definition) is 2. The third kappa shape index (κ3) is 3.27. The fraction of sp³-hybridized carbons (Fsp3) is 0.417. The summed E-state index contributed by atoms with van der Waals surface area (Å²) < 4.78 is 15.3. The normalized spacial score (nSPS) is 12.3. The molecule has 2 rings (SSSR count). The van der Waals surface area contributed by atoms with E-state index >= 15 is 0 Å². The second-order valence-corrected chi connectivity index (χ2v) is 3.76. The molecule has 1 aromatic carbocycles. The van der Waals surface area contributed by atoms with E-state index in [9.17, 15) is 4.79 Å². The molecule has 0 atom stereocenters. The van der Waals surface area contributed by atoms with Crippen molar-refractivity contribution in [3.05, 3.63) is 18.2 Å². The summed E-state index contributed by atoms with van der Waals surface area (Å²) in [7, 11) is 1.59. The molecule has 0 saturated heterocycles. The first-order valence-corrected chi connectivity index (χ1v) is 5.69. The molecule has 6 heteroatoms. The number of amides is 1. The Morgan fingerprint density at radius 3 is 3.06 bits per heavy atom. The lowest BCUT2D eigenvalue weighted by Crippen LogP contribution is -2.32. The standard InChI is InChI=1S/C12H16N2O4/c1-16-5-4-13-12(15)7-14-9-2-3-10-11(6-9)18-8-17-10/h2-3,6,14H,4-5,7-8H2,1H3,(H,13,15). The molecule has 0 spiro atoms. The fourth-order valence-electron chi connectivity index (χ4n) is 1.54. The molecule has 1 aliphatic heterocycles. The Morgan fingerprint density at radius 1 is 1.39 bits per heavy atom. The van der Waals surface area contributed by atoms with E-state index in [1.807, 2.05) is 18.2 Å². The van der Waals surface area contributed by atoms with Crippen LogP contribution in [-0.4, -0.2) is 39.5 Å². The van der Waals surface area contributed by atoms with Gasteiger partial charge in [0.25, 0.3) is 0 Å². The van der Waals surface area contributed by atoms with Gasteiger partial charge in [-0.15, -0.1) is 0 Å². The number of carbonyl (C=O) groups is 1. The summed E-state index contributed by atoms with van der Waals surface area (Å²) >= 11 is 0. The van der Waals surface area contributed by atoms with Gasteiger partial charge >= 0.3 is 0 Å². The zero-order valence-electron chi connectivity index (χ0n) is 10.2. The zero-order valence-corrected chi connectivity index (χ0v) is 10.2. The van der Waals surface area contributed by atoms with Gasteiger partial charge in [-0.05, 0) is 12.1 Å². The Balaban J connectivity index is 1.78. The largest absolute Gasteiger partial charge is 0.454 e. The van der Waals surface area contributed by atoms with Crippen LogP contribution >= 0.6 is 0 Å². The van der Waals surface area contributed by atoms with Gasteiger partial charge < -0.3 is 24.8 Å². The van der Waals surface area contributed by atoms with E-state index in [1.54, 1.807) is 7.11 Å². The van der Waals surface area contributed by atoms with Gasteiger partial charge in [-0.1, -0.05) is 0 Å². The summed E-state index contributed by atoms with van der Waals surface area (Å²) in [5.74, 6) is 1.34. The molecule has 98 valence electrons. The lowest BCUT2D eigenvalue weighted by molar-refractivity contribution is -0.119. The van der Waals surface area contributed by atoms with Crippen LogP contribution in [0.15, 0.2) is 18.2 Å². The lowest BCUT2D eigenvalue weighted by Gasteiger charge is -2.08. The average Bonchev–Trinajstić information content (AvgIpc) is 2.84. The number of methoxy groups -OCH3 is 1. The van der Waals surface area contributed by atoms with Crippen LogP contribution in [-0.2, 0) is 9.53 Å². The quantitative estimate of drug-likeness (QED) is 0.725. The summed E-state index contributed by atoms with van der Waals surface area (Å²) in [6.07, 6.45) is 0. The van der Waals surface area contributed by atoms with Crippen LogP contribution in [0.3, 0.4) is 0 Å². The van der Waals surface area contributed by atoms with Crippen LogP contribution in [0.25, 0.3) is 0 Å². The number of fused-ring (bicyclic) bond motifs is 1. The van der Waals surface area contributed by atoms with E-state index in [0.717, 1.165) is 11.4 Å². The maximum atomic E-state index is 11.4.